The molecular weight excluding hydrogens is 326 g/mol. The van der Waals surface area contributed by atoms with Gasteiger partial charge in [0.15, 0.2) is 0 Å². The molecule has 1 aromatic rings. The zero-order chi connectivity index (χ0) is 17.6. The molecule has 0 aliphatic carbocycles. The number of benzene rings is 1. The molecule has 24 heavy (non-hydrogen) atoms. The molecule has 0 aliphatic heterocycles. The minimum atomic E-state index is -1.60. The van der Waals surface area contributed by atoms with E-state index in [1.54, 1.807) is 7.11 Å². The SMILES string of the molecule is C#CCCCCCCCC[C@H](C=C(F)F)Sc1ccc(OC)cc1. The lowest BCUT2D eigenvalue weighted by atomic mass is 10.1. The summed E-state index contributed by atoms with van der Waals surface area (Å²) in [6.07, 6.45) is 12.9. The number of hydrogen-bond acceptors (Lipinski definition) is 2. The first-order valence-corrected chi connectivity index (χ1v) is 9.30. The maximum absolute atomic E-state index is 12.7. The van der Waals surface area contributed by atoms with Gasteiger partial charge in [0, 0.05) is 16.6 Å². The van der Waals surface area contributed by atoms with Crippen molar-refractivity contribution in [1.82, 2.24) is 0 Å². The molecule has 1 nitrogen and oxygen atoms in total. The van der Waals surface area contributed by atoms with Gasteiger partial charge in [-0.2, -0.15) is 8.78 Å². The van der Waals surface area contributed by atoms with Gasteiger partial charge in [-0.05, 0) is 43.2 Å². The van der Waals surface area contributed by atoms with Gasteiger partial charge in [0.2, 0.25) is 0 Å². The lowest BCUT2D eigenvalue weighted by molar-refractivity contribution is 0.414. The highest BCUT2D eigenvalue weighted by Crippen LogP contribution is 2.30. The Bertz CT molecular complexity index is 515. The maximum atomic E-state index is 12.7. The van der Waals surface area contributed by atoms with Crippen LogP contribution in [0, 0.1) is 12.3 Å². The molecule has 1 aromatic carbocycles. The standard InChI is InChI=1S/C20H26F2OS/c1-3-4-5-6-7-8-9-10-11-19(16-20(21)22)24-18-14-12-17(23-2)13-15-18/h1,12-16,19H,4-11H2,2H3/t19-/m1/s1. The zero-order valence-electron chi connectivity index (χ0n) is 14.3. The molecule has 0 spiro atoms. The van der Waals surface area contributed by atoms with Crippen molar-refractivity contribution in [3.05, 3.63) is 36.4 Å². The Morgan fingerprint density at radius 3 is 2.33 bits per heavy atom. The second kappa shape index (κ2) is 12.9. The predicted octanol–water partition coefficient (Wildman–Crippen LogP) is 6.69. The Labute approximate surface area is 148 Å². The fraction of sp³-hybridized carbons (Fsp3) is 0.500. The van der Waals surface area contributed by atoms with Crippen LogP contribution in [0.15, 0.2) is 41.3 Å². The Kier molecular flexibility index (Phi) is 11.1. The molecule has 0 aromatic heterocycles. The Morgan fingerprint density at radius 2 is 1.75 bits per heavy atom. The summed E-state index contributed by atoms with van der Waals surface area (Å²) < 4.78 is 30.4. The summed E-state index contributed by atoms with van der Waals surface area (Å²) in [6, 6.07) is 7.52. The van der Waals surface area contributed by atoms with Crippen LogP contribution in [0.2, 0.25) is 0 Å². The number of rotatable bonds is 12. The van der Waals surface area contributed by atoms with Crippen molar-refractivity contribution >= 4 is 11.8 Å². The second-order valence-corrected chi connectivity index (χ2v) is 6.96. The van der Waals surface area contributed by atoms with Crippen LogP contribution >= 0.6 is 11.8 Å². The van der Waals surface area contributed by atoms with E-state index in [4.69, 9.17) is 11.2 Å². The van der Waals surface area contributed by atoms with E-state index in [1.807, 2.05) is 24.3 Å². The van der Waals surface area contributed by atoms with Crippen LogP contribution < -0.4 is 4.74 Å². The quantitative estimate of drug-likeness (QED) is 0.235. The highest BCUT2D eigenvalue weighted by molar-refractivity contribution is 8.00. The molecule has 0 aliphatic rings. The minimum Gasteiger partial charge on any atom is -0.497 e. The molecule has 0 heterocycles. The molecule has 0 fully saturated rings. The highest BCUT2D eigenvalue weighted by atomic mass is 32.2. The third kappa shape index (κ3) is 9.62. The third-order valence-corrected chi connectivity index (χ3v) is 4.94. The topological polar surface area (TPSA) is 9.23 Å². The van der Waals surface area contributed by atoms with Gasteiger partial charge in [-0.15, -0.1) is 24.1 Å². The van der Waals surface area contributed by atoms with Gasteiger partial charge >= 0.3 is 0 Å². The first-order chi connectivity index (χ1) is 11.7. The number of ether oxygens (including phenoxy) is 1. The monoisotopic (exact) mass is 352 g/mol. The first-order valence-electron chi connectivity index (χ1n) is 8.42. The molecule has 0 bridgehead atoms. The molecule has 1 atom stereocenters. The van der Waals surface area contributed by atoms with Gasteiger partial charge < -0.3 is 4.74 Å². The van der Waals surface area contributed by atoms with Crippen LogP contribution in [-0.4, -0.2) is 12.4 Å². The van der Waals surface area contributed by atoms with Crippen molar-refractivity contribution in [1.29, 1.82) is 0 Å². The molecule has 4 heteroatoms. The maximum Gasteiger partial charge on any atom is 0.267 e. The van der Waals surface area contributed by atoms with Crippen molar-refractivity contribution in [2.24, 2.45) is 0 Å². The lowest BCUT2D eigenvalue weighted by Crippen LogP contribution is -1.99. The fourth-order valence-corrected chi connectivity index (χ4v) is 3.52. The van der Waals surface area contributed by atoms with Crippen LogP contribution in [0.25, 0.3) is 0 Å². The predicted molar refractivity (Wildman–Crippen MR) is 98.7 cm³/mol. The molecule has 132 valence electrons. The van der Waals surface area contributed by atoms with E-state index in [0.717, 1.165) is 61.7 Å². The lowest BCUT2D eigenvalue weighted by Gasteiger charge is -2.12. The van der Waals surface area contributed by atoms with E-state index < -0.39 is 6.08 Å². The Morgan fingerprint density at radius 1 is 1.12 bits per heavy atom. The van der Waals surface area contributed by atoms with Crippen molar-refractivity contribution in [3.63, 3.8) is 0 Å². The molecule has 0 radical (unpaired) electrons. The largest absolute Gasteiger partial charge is 0.497 e. The summed E-state index contributed by atoms with van der Waals surface area (Å²) >= 11 is 1.48. The average molecular weight is 352 g/mol. The van der Waals surface area contributed by atoms with Crippen molar-refractivity contribution in [2.75, 3.05) is 7.11 Å². The molecule has 0 saturated heterocycles. The summed E-state index contributed by atoms with van der Waals surface area (Å²) in [7, 11) is 1.61. The summed E-state index contributed by atoms with van der Waals surface area (Å²) in [5.74, 6) is 3.42. The Balaban J connectivity index is 2.34. The summed E-state index contributed by atoms with van der Waals surface area (Å²) in [4.78, 5) is 0.979. The number of methoxy groups -OCH3 is 1. The number of halogens is 2. The number of hydrogen-bond donors (Lipinski definition) is 0. The van der Waals surface area contributed by atoms with Gasteiger partial charge in [-0.1, -0.05) is 32.1 Å². The van der Waals surface area contributed by atoms with Crippen LogP contribution in [0.1, 0.15) is 51.4 Å². The highest BCUT2D eigenvalue weighted by Gasteiger charge is 2.10. The molecule has 0 amide bonds. The van der Waals surface area contributed by atoms with E-state index in [2.05, 4.69) is 5.92 Å². The van der Waals surface area contributed by atoms with Gasteiger partial charge in [-0.3, -0.25) is 0 Å². The van der Waals surface area contributed by atoms with Crippen molar-refractivity contribution < 1.29 is 13.5 Å². The van der Waals surface area contributed by atoms with E-state index in [-0.39, 0.29) is 5.25 Å². The molecular formula is C20H26F2OS. The van der Waals surface area contributed by atoms with Gasteiger partial charge in [0.25, 0.3) is 6.08 Å². The number of thioether (sulfide) groups is 1. The number of terminal acetylenes is 1. The van der Waals surface area contributed by atoms with Crippen LogP contribution in [0.4, 0.5) is 8.78 Å². The van der Waals surface area contributed by atoms with E-state index in [0.29, 0.717) is 0 Å². The van der Waals surface area contributed by atoms with Crippen LogP contribution in [0.3, 0.4) is 0 Å². The molecule has 0 unspecified atom stereocenters. The first kappa shape index (κ1) is 20.6. The van der Waals surface area contributed by atoms with Gasteiger partial charge in [-0.25, -0.2) is 0 Å². The molecule has 1 rings (SSSR count). The molecule has 0 N–H and O–H groups in total. The zero-order valence-corrected chi connectivity index (χ0v) is 15.1. The second-order valence-electron chi connectivity index (χ2n) is 5.65. The van der Waals surface area contributed by atoms with Gasteiger partial charge in [0.1, 0.15) is 5.75 Å². The normalized spacial score (nSPS) is 11.6. The summed E-state index contributed by atoms with van der Waals surface area (Å²) in [5, 5.41) is -0.190. The van der Waals surface area contributed by atoms with Gasteiger partial charge in [0.05, 0.1) is 7.11 Å². The third-order valence-electron chi connectivity index (χ3n) is 3.72. The van der Waals surface area contributed by atoms with E-state index in [1.165, 1.54) is 18.2 Å². The van der Waals surface area contributed by atoms with Crippen molar-refractivity contribution in [3.8, 4) is 18.1 Å². The van der Waals surface area contributed by atoms with Crippen molar-refractivity contribution in [2.45, 2.75) is 61.5 Å². The fourth-order valence-electron chi connectivity index (χ4n) is 2.43. The van der Waals surface area contributed by atoms with Crippen LogP contribution in [-0.2, 0) is 0 Å². The Hall–Kier alpha value is -1.47. The summed E-state index contributed by atoms with van der Waals surface area (Å²) in [5.41, 5.74) is 0. The summed E-state index contributed by atoms with van der Waals surface area (Å²) in [6.45, 7) is 0. The van der Waals surface area contributed by atoms with E-state index in [9.17, 15) is 8.78 Å². The number of unbranched alkanes of at least 4 members (excludes halogenated alkanes) is 6. The van der Waals surface area contributed by atoms with Crippen LogP contribution in [0.5, 0.6) is 5.75 Å². The smallest absolute Gasteiger partial charge is 0.267 e. The average Bonchev–Trinajstić information content (AvgIpc) is 2.57. The molecule has 0 saturated carbocycles. The minimum absolute atomic E-state index is 0.190. The van der Waals surface area contributed by atoms with E-state index >= 15 is 0 Å².